The zero-order valence-electron chi connectivity index (χ0n) is 12.7. The van der Waals surface area contributed by atoms with Crippen molar-refractivity contribution in [2.45, 2.75) is 38.2 Å². The number of carbonyl (C=O) groups excluding carboxylic acids is 1. The van der Waals surface area contributed by atoms with E-state index in [1.54, 1.807) is 0 Å². The Hall–Kier alpha value is -1.73. The Labute approximate surface area is 138 Å². The standard InChI is InChI=1S/C16H20FN3O2S/c17-10-7-11(14-12(8-10)19-16(23)20-14)15(22)18-6-2-4-9-3-1-5-13(9)21/h7-9,13,21H,1-6H2,(H,18,22)(H2,19,20,23)/t9-,13-/m1/s1. The minimum atomic E-state index is -0.484. The summed E-state index contributed by atoms with van der Waals surface area (Å²) in [6.45, 7) is 0.505. The van der Waals surface area contributed by atoms with Crippen LogP contribution in [0.4, 0.5) is 4.39 Å². The van der Waals surface area contributed by atoms with Crippen LogP contribution in [-0.4, -0.2) is 33.6 Å². The first-order valence-corrected chi connectivity index (χ1v) is 8.33. The number of amides is 1. The highest BCUT2D eigenvalue weighted by Crippen LogP contribution is 2.29. The molecule has 1 fully saturated rings. The number of aliphatic hydroxyl groups is 1. The number of aromatic nitrogens is 2. The summed E-state index contributed by atoms with van der Waals surface area (Å²) in [5.41, 5.74) is 1.24. The molecule has 1 aromatic carbocycles. The zero-order chi connectivity index (χ0) is 16.4. The molecule has 1 aromatic heterocycles. The summed E-state index contributed by atoms with van der Waals surface area (Å²) in [6, 6.07) is 2.51. The molecule has 124 valence electrons. The average Bonchev–Trinajstić information content (AvgIpc) is 3.07. The number of aromatic amines is 2. The van der Waals surface area contributed by atoms with Gasteiger partial charge < -0.3 is 20.4 Å². The Morgan fingerprint density at radius 3 is 2.96 bits per heavy atom. The molecule has 3 rings (SSSR count). The Morgan fingerprint density at radius 1 is 1.39 bits per heavy atom. The van der Waals surface area contributed by atoms with Gasteiger partial charge in [-0.05, 0) is 56.0 Å². The third-order valence-electron chi connectivity index (χ3n) is 4.49. The monoisotopic (exact) mass is 337 g/mol. The minimum Gasteiger partial charge on any atom is -0.393 e. The van der Waals surface area contributed by atoms with Crippen LogP contribution in [0.3, 0.4) is 0 Å². The normalized spacial score (nSPS) is 21.0. The van der Waals surface area contributed by atoms with Gasteiger partial charge in [0.2, 0.25) is 0 Å². The fourth-order valence-corrected chi connectivity index (χ4v) is 3.51. The first-order valence-electron chi connectivity index (χ1n) is 7.92. The van der Waals surface area contributed by atoms with Gasteiger partial charge in [0.05, 0.1) is 22.7 Å². The molecule has 5 nitrogen and oxygen atoms in total. The fourth-order valence-electron chi connectivity index (χ4n) is 3.30. The van der Waals surface area contributed by atoms with Gasteiger partial charge >= 0.3 is 0 Å². The lowest BCUT2D eigenvalue weighted by Gasteiger charge is -2.14. The number of imidazole rings is 1. The van der Waals surface area contributed by atoms with Crippen LogP contribution in [0.5, 0.6) is 0 Å². The van der Waals surface area contributed by atoms with E-state index in [2.05, 4.69) is 15.3 Å². The van der Waals surface area contributed by atoms with E-state index in [4.69, 9.17) is 12.2 Å². The third kappa shape index (κ3) is 3.61. The van der Waals surface area contributed by atoms with Crippen molar-refractivity contribution in [1.82, 2.24) is 15.3 Å². The van der Waals surface area contributed by atoms with Gasteiger partial charge in [0.1, 0.15) is 5.82 Å². The van der Waals surface area contributed by atoms with Crippen molar-refractivity contribution in [2.75, 3.05) is 6.54 Å². The number of halogens is 1. The van der Waals surface area contributed by atoms with Gasteiger partial charge in [-0.25, -0.2) is 4.39 Å². The summed E-state index contributed by atoms with van der Waals surface area (Å²) >= 11 is 4.99. The topological polar surface area (TPSA) is 80.9 Å². The van der Waals surface area contributed by atoms with Gasteiger partial charge in [-0.15, -0.1) is 0 Å². The number of benzene rings is 1. The van der Waals surface area contributed by atoms with Crippen LogP contribution < -0.4 is 5.32 Å². The number of nitrogens with one attached hydrogen (secondary N) is 3. The minimum absolute atomic E-state index is 0.200. The fraction of sp³-hybridized carbons (Fsp3) is 0.500. The van der Waals surface area contributed by atoms with Crippen molar-refractivity contribution in [1.29, 1.82) is 0 Å². The molecule has 7 heteroatoms. The maximum absolute atomic E-state index is 13.6. The number of hydrogen-bond donors (Lipinski definition) is 4. The lowest BCUT2D eigenvalue weighted by atomic mass is 10.00. The molecular formula is C16H20FN3O2S. The molecule has 0 aliphatic heterocycles. The summed E-state index contributed by atoms with van der Waals surface area (Å²) in [4.78, 5) is 18.0. The van der Waals surface area contributed by atoms with Gasteiger partial charge in [0.25, 0.3) is 5.91 Å². The Kier molecular flexibility index (Phi) is 4.77. The summed E-state index contributed by atoms with van der Waals surface area (Å²) in [5, 5.41) is 12.6. The molecule has 0 radical (unpaired) electrons. The molecule has 0 spiro atoms. The molecule has 1 saturated carbocycles. The molecule has 2 aromatic rings. The van der Waals surface area contributed by atoms with Gasteiger partial charge in [-0.3, -0.25) is 4.79 Å². The summed E-state index contributed by atoms with van der Waals surface area (Å²) in [5.74, 6) is -0.470. The number of hydrogen-bond acceptors (Lipinski definition) is 3. The van der Waals surface area contributed by atoms with Gasteiger partial charge in [0.15, 0.2) is 4.77 Å². The van der Waals surface area contributed by atoms with Crippen molar-refractivity contribution in [2.24, 2.45) is 5.92 Å². The molecule has 0 unspecified atom stereocenters. The molecule has 0 bridgehead atoms. The molecule has 2 atom stereocenters. The molecular weight excluding hydrogens is 317 g/mol. The highest BCUT2D eigenvalue weighted by Gasteiger charge is 2.24. The van der Waals surface area contributed by atoms with E-state index < -0.39 is 5.82 Å². The SMILES string of the molecule is O=C(NCCC[C@H]1CCC[C@H]1O)c1cc(F)cc2[nH]c(=S)[nH]c12. The number of aliphatic hydroxyl groups excluding tert-OH is 1. The quantitative estimate of drug-likeness (QED) is 0.500. The molecule has 1 heterocycles. The van der Waals surface area contributed by atoms with E-state index in [0.29, 0.717) is 28.3 Å². The third-order valence-corrected chi connectivity index (χ3v) is 4.69. The average molecular weight is 337 g/mol. The maximum Gasteiger partial charge on any atom is 0.253 e. The van der Waals surface area contributed by atoms with Crippen LogP contribution in [0.15, 0.2) is 12.1 Å². The molecule has 1 aliphatic rings. The Morgan fingerprint density at radius 2 is 2.22 bits per heavy atom. The first kappa shape index (κ1) is 16.1. The van der Waals surface area contributed by atoms with Crippen molar-refractivity contribution in [3.63, 3.8) is 0 Å². The van der Waals surface area contributed by atoms with E-state index in [1.165, 1.54) is 12.1 Å². The second kappa shape index (κ2) is 6.80. The number of H-pyrrole nitrogens is 2. The molecule has 1 amide bonds. The summed E-state index contributed by atoms with van der Waals surface area (Å²) < 4.78 is 14.0. The highest BCUT2D eigenvalue weighted by molar-refractivity contribution is 7.71. The van der Waals surface area contributed by atoms with Crippen LogP contribution in [0.1, 0.15) is 42.5 Å². The van der Waals surface area contributed by atoms with Gasteiger partial charge in [-0.1, -0.05) is 6.42 Å². The second-order valence-corrected chi connectivity index (χ2v) is 6.52. The number of fused-ring (bicyclic) bond motifs is 1. The van der Waals surface area contributed by atoms with Crippen molar-refractivity contribution < 1.29 is 14.3 Å². The zero-order valence-corrected chi connectivity index (χ0v) is 13.5. The smallest absolute Gasteiger partial charge is 0.253 e. The van der Waals surface area contributed by atoms with Gasteiger partial charge in [0, 0.05) is 6.54 Å². The van der Waals surface area contributed by atoms with E-state index in [9.17, 15) is 14.3 Å². The predicted molar refractivity (Wildman–Crippen MR) is 88.4 cm³/mol. The van der Waals surface area contributed by atoms with Crippen LogP contribution in [0, 0.1) is 16.5 Å². The largest absolute Gasteiger partial charge is 0.393 e. The lowest BCUT2D eigenvalue weighted by molar-refractivity contribution is 0.0950. The molecule has 4 N–H and O–H groups in total. The maximum atomic E-state index is 13.6. The van der Waals surface area contributed by atoms with E-state index in [-0.39, 0.29) is 17.6 Å². The van der Waals surface area contributed by atoms with E-state index in [0.717, 1.165) is 32.1 Å². The molecule has 0 saturated heterocycles. The Balaban J connectivity index is 1.61. The van der Waals surface area contributed by atoms with Crippen molar-refractivity contribution in [3.8, 4) is 0 Å². The Bertz CT molecular complexity index is 770. The lowest BCUT2D eigenvalue weighted by Crippen LogP contribution is -2.25. The molecule has 1 aliphatic carbocycles. The second-order valence-electron chi connectivity index (χ2n) is 6.11. The summed E-state index contributed by atoms with van der Waals surface area (Å²) in [7, 11) is 0. The van der Waals surface area contributed by atoms with Crippen molar-refractivity contribution >= 4 is 29.2 Å². The van der Waals surface area contributed by atoms with Crippen molar-refractivity contribution in [3.05, 3.63) is 28.3 Å². The number of carbonyl (C=O) groups is 1. The molecule has 23 heavy (non-hydrogen) atoms. The van der Waals surface area contributed by atoms with Crippen LogP contribution >= 0.6 is 12.2 Å². The summed E-state index contributed by atoms with van der Waals surface area (Å²) in [6.07, 6.45) is 4.51. The van der Waals surface area contributed by atoms with Gasteiger partial charge in [-0.2, -0.15) is 0 Å². The van der Waals surface area contributed by atoms with Crippen LogP contribution in [0.25, 0.3) is 11.0 Å². The first-order chi connectivity index (χ1) is 11.0. The van der Waals surface area contributed by atoms with Crippen LogP contribution in [-0.2, 0) is 0 Å². The highest BCUT2D eigenvalue weighted by atomic mass is 32.1. The van der Waals surface area contributed by atoms with Crippen LogP contribution in [0.2, 0.25) is 0 Å². The van der Waals surface area contributed by atoms with E-state index in [1.807, 2.05) is 0 Å². The predicted octanol–water partition coefficient (Wildman–Crippen LogP) is 3.04. The van der Waals surface area contributed by atoms with E-state index >= 15 is 0 Å². The number of rotatable bonds is 5.